The molecule has 0 heterocycles. The van der Waals surface area contributed by atoms with Gasteiger partial charge in [0.15, 0.2) is 0 Å². The van der Waals surface area contributed by atoms with Crippen LogP contribution in [0.3, 0.4) is 0 Å². The average molecular weight is 272 g/mol. The van der Waals surface area contributed by atoms with Crippen LogP contribution < -0.4 is 22.1 Å². The molecule has 0 unspecified atom stereocenters. The summed E-state index contributed by atoms with van der Waals surface area (Å²) >= 11 is 0. The third-order valence-electron chi connectivity index (χ3n) is 2.90. The Morgan fingerprint density at radius 2 is 1.10 bits per heavy atom. The quantitative estimate of drug-likeness (QED) is 0.516. The Labute approximate surface area is 118 Å². The fourth-order valence-corrected chi connectivity index (χ4v) is 1.75. The van der Waals surface area contributed by atoms with Gasteiger partial charge in [-0.2, -0.15) is 0 Å². The molecular formula is C15H20N4O. The predicted octanol–water partition coefficient (Wildman–Crippen LogP) is 1.74. The Morgan fingerprint density at radius 3 is 1.45 bits per heavy atom. The van der Waals surface area contributed by atoms with Crippen LogP contribution in [0.4, 0.5) is 22.7 Å². The number of nitrogens with two attached hydrogens (primary N) is 2. The Kier molecular flexibility index (Phi) is 4.68. The van der Waals surface area contributed by atoms with Crippen molar-refractivity contribution in [3.8, 4) is 0 Å². The lowest BCUT2D eigenvalue weighted by Gasteiger charge is -2.14. The van der Waals surface area contributed by atoms with E-state index in [9.17, 15) is 5.11 Å². The van der Waals surface area contributed by atoms with Crippen molar-refractivity contribution < 1.29 is 5.11 Å². The highest BCUT2D eigenvalue weighted by molar-refractivity contribution is 5.52. The molecule has 0 saturated carbocycles. The molecule has 0 aromatic heterocycles. The van der Waals surface area contributed by atoms with Gasteiger partial charge in [0.25, 0.3) is 0 Å². The number of benzene rings is 2. The minimum atomic E-state index is -0.495. The monoisotopic (exact) mass is 272 g/mol. The minimum Gasteiger partial charge on any atom is -0.399 e. The van der Waals surface area contributed by atoms with Gasteiger partial charge < -0.3 is 27.2 Å². The van der Waals surface area contributed by atoms with E-state index in [-0.39, 0.29) is 0 Å². The van der Waals surface area contributed by atoms with E-state index in [2.05, 4.69) is 10.6 Å². The van der Waals surface area contributed by atoms with Crippen molar-refractivity contribution in [2.75, 3.05) is 35.2 Å². The van der Waals surface area contributed by atoms with Crippen molar-refractivity contribution in [3.63, 3.8) is 0 Å². The van der Waals surface area contributed by atoms with Gasteiger partial charge >= 0.3 is 0 Å². The second-order valence-corrected chi connectivity index (χ2v) is 4.66. The van der Waals surface area contributed by atoms with E-state index < -0.39 is 6.10 Å². The van der Waals surface area contributed by atoms with E-state index in [1.807, 2.05) is 48.5 Å². The Hall–Kier alpha value is -2.40. The number of hydrogen-bond donors (Lipinski definition) is 5. The van der Waals surface area contributed by atoms with Crippen LogP contribution in [0.1, 0.15) is 0 Å². The molecule has 2 aromatic rings. The summed E-state index contributed by atoms with van der Waals surface area (Å²) in [6.07, 6.45) is -0.495. The Morgan fingerprint density at radius 1 is 0.750 bits per heavy atom. The molecule has 0 aliphatic carbocycles. The van der Waals surface area contributed by atoms with Crippen LogP contribution in [0.5, 0.6) is 0 Å². The maximum absolute atomic E-state index is 9.91. The van der Waals surface area contributed by atoms with Gasteiger partial charge in [-0.25, -0.2) is 0 Å². The van der Waals surface area contributed by atoms with E-state index in [1.165, 1.54) is 0 Å². The van der Waals surface area contributed by atoms with Crippen molar-refractivity contribution in [2.24, 2.45) is 0 Å². The van der Waals surface area contributed by atoms with E-state index in [1.54, 1.807) is 0 Å². The molecule has 5 nitrogen and oxygen atoms in total. The first-order valence-corrected chi connectivity index (χ1v) is 6.50. The van der Waals surface area contributed by atoms with E-state index in [4.69, 9.17) is 11.5 Å². The molecule has 0 saturated heterocycles. The summed E-state index contributed by atoms with van der Waals surface area (Å²) in [6.45, 7) is 0.928. The van der Waals surface area contributed by atoms with Crippen LogP contribution in [-0.2, 0) is 0 Å². The summed E-state index contributed by atoms with van der Waals surface area (Å²) in [4.78, 5) is 0. The molecule has 0 radical (unpaired) electrons. The molecule has 0 aliphatic heterocycles. The zero-order valence-electron chi connectivity index (χ0n) is 11.2. The fraction of sp³-hybridized carbons (Fsp3) is 0.200. The minimum absolute atomic E-state index is 0.464. The maximum Gasteiger partial charge on any atom is 0.0884 e. The molecule has 0 spiro atoms. The topological polar surface area (TPSA) is 96.3 Å². The molecule has 0 atom stereocenters. The molecule has 7 N–H and O–H groups in total. The van der Waals surface area contributed by atoms with Gasteiger partial charge in [-0.3, -0.25) is 0 Å². The first-order valence-electron chi connectivity index (χ1n) is 6.50. The summed E-state index contributed by atoms with van der Waals surface area (Å²) in [6, 6.07) is 14.8. The van der Waals surface area contributed by atoms with Crippen molar-refractivity contribution >= 4 is 22.7 Å². The highest BCUT2D eigenvalue weighted by Gasteiger charge is 2.03. The maximum atomic E-state index is 9.91. The van der Waals surface area contributed by atoms with Crippen LogP contribution in [0.25, 0.3) is 0 Å². The first-order chi connectivity index (χ1) is 9.63. The normalized spacial score (nSPS) is 10.5. The summed E-state index contributed by atoms with van der Waals surface area (Å²) < 4.78 is 0. The van der Waals surface area contributed by atoms with Crippen LogP contribution in [0.2, 0.25) is 0 Å². The summed E-state index contributed by atoms with van der Waals surface area (Å²) in [5.41, 5.74) is 14.5. The molecular weight excluding hydrogens is 252 g/mol. The van der Waals surface area contributed by atoms with E-state index in [0.717, 1.165) is 22.7 Å². The zero-order chi connectivity index (χ0) is 14.4. The highest BCUT2D eigenvalue weighted by Crippen LogP contribution is 2.11. The average Bonchev–Trinajstić information content (AvgIpc) is 2.46. The van der Waals surface area contributed by atoms with Gasteiger partial charge in [0.1, 0.15) is 0 Å². The van der Waals surface area contributed by atoms with E-state index in [0.29, 0.717) is 13.1 Å². The second-order valence-electron chi connectivity index (χ2n) is 4.66. The van der Waals surface area contributed by atoms with Gasteiger partial charge in [0, 0.05) is 35.8 Å². The molecule has 106 valence electrons. The summed E-state index contributed by atoms with van der Waals surface area (Å²) in [7, 11) is 0. The highest BCUT2D eigenvalue weighted by atomic mass is 16.3. The molecule has 0 amide bonds. The lowest BCUT2D eigenvalue weighted by atomic mass is 10.2. The van der Waals surface area contributed by atoms with Gasteiger partial charge in [-0.15, -0.1) is 0 Å². The van der Waals surface area contributed by atoms with Crippen molar-refractivity contribution in [2.45, 2.75) is 6.10 Å². The molecule has 5 heteroatoms. The Bertz CT molecular complexity index is 475. The number of rotatable bonds is 6. The standard InChI is InChI=1S/C15H20N4O/c16-11-1-5-13(6-2-11)18-9-15(20)10-19-14-7-3-12(17)4-8-14/h1-8,15,18-20H,9-10,16-17H2. The number of hydrogen-bond acceptors (Lipinski definition) is 5. The summed E-state index contributed by atoms with van der Waals surface area (Å²) in [5, 5.41) is 16.2. The second kappa shape index (κ2) is 6.68. The largest absolute Gasteiger partial charge is 0.399 e. The number of nitrogen functional groups attached to an aromatic ring is 2. The molecule has 2 aromatic carbocycles. The van der Waals surface area contributed by atoms with Gasteiger partial charge in [0.05, 0.1) is 6.10 Å². The number of anilines is 4. The molecule has 0 aliphatic rings. The van der Waals surface area contributed by atoms with Crippen LogP contribution >= 0.6 is 0 Å². The number of nitrogens with one attached hydrogen (secondary N) is 2. The zero-order valence-corrected chi connectivity index (χ0v) is 11.2. The number of aliphatic hydroxyl groups is 1. The third kappa shape index (κ3) is 4.37. The SMILES string of the molecule is Nc1ccc(NCC(O)CNc2ccc(N)cc2)cc1. The van der Waals surface area contributed by atoms with Gasteiger partial charge in [-0.05, 0) is 48.5 Å². The molecule has 0 bridgehead atoms. The first kappa shape index (κ1) is 14.0. The predicted molar refractivity (Wildman–Crippen MR) is 84.7 cm³/mol. The van der Waals surface area contributed by atoms with Crippen LogP contribution in [0.15, 0.2) is 48.5 Å². The van der Waals surface area contributed by atoms with Gasteiger partial charge in [-0.1, -0.05) is 0 Å². The number of aliphatic hydroxyl groups excluding tert-OH is 1. The van der Waals surface area contributed by atoms with E-state index >= 15 is 0 Å². The van der Waals surface area contributed by atoms with Crippen molar-refractivity contribution in [3.05, 3.63) is 48.5 Å². The van der Waals surface area contributed by atoms with Crippen LogP contribution in [-0.4, -0.2) is 24.3 Å². The molecule has 2 rings (SSSR count). The molecule has 20 heavy (non-hydrogen) atoms. The van der Waals surface area contributed by atoms with Crippen molar-refractivity contribution in [1.82, 2.24) is 0 Å². The molecule has 0 fully saturated rings. The van der Waals surface area contributed by atoms with Crippen molar-refractivity contribution in [1.29, 1.82) is 0 Å². The van der Waals surface area contributed by atoms with Crippen LogP contribution in [0, 0.1) is 0 Å². The smallest absolute Gasteiger partial charge is 0.0884 e. The summed E-state index contributed by atoms with van der Waals surface area (Å²) in [5.74, 6) is 0. The third-order valence-corrected chi connectivity index (χ3v) is 2.90. The van der Waals surface area contributed by atoms with Gasteiger partial charge in [0.2, 0.25) is 0 Å². The lowest BCUT2D eigenvalue weighted by Crippen LogP contribution is -2.27. The fourth-order valence-electron chi connectivity index (χ4n) is 1.75. The Balaban J connectivity index is 1.73. The lowest BCUT2D eigenvalue weighted by molar-refractivity contribution is 0.201.